The zero-order valence-electron chi connectivity index (χ0n) is 8.47. The molecule has 0 aliphatic carbocycles. The van der Waals surface area contributed by atoms with E-state index in [1.165, 1.54) is 6.39 Å². The molecular weight excluding hydrogens is 204 g/mol. The van der Waals surface area contributed by atoms with E-state index >= 15 is 0 Å². The third-order valence-electron chi connectivity index (χ3n) is 2.30. The Bertz CT molecular complexity index is 552. The fraction of sp³-hybridized carbons (Fsp3) is 0.0909. The van der Waals surface area contributed by atoms with Crippen molar-refractivity contribution in [2.45, 2.75) is 6.54 Å². The van der Waals surface area contributed by atoms with Crippen LogP contribution in [0.15, 0.2) is 41.3 Å². The van der Waals surface area contributed by atoms with E-state index in [-0.39, 0.29) is 0 Å². The minimum absolute atomic E-state index is 0.569. The number of imidazole rings is 1. The van der Waals surface area contributed by atoms with Crippen molar-refractivity contribution in [2.75, 3.05) is 5.32 Å². The number of para-hydroxylation sites is 2. The quantitative estimate of drug-likeness (QED) is 0.701. The first-order valence-corrected chi connectivity index (χ1v) is 4.98. The van der Waals surface area contributed by atoms with Gasteiger partial charge >= 0.3 is 0 Å². The first-order chi connectivity index (χ1) is 7.92. The number of fused-ring (bicyclic) bond motifs is 1. The summed E-state index contributed by atoms with van der Waals surface area (Å²) in [5.74, 6) is 1.51. The van der Waals surface area contributed by atoms with E-state index in [4.69, 9.17) is 4.42 Å². The van der Waals surface area contributed by atoms with Crippen LogP contribution in [0.25, 0.3) is 11.0 Å². The Morgan fingerprint density at radius 3 is 3.06 bits per heavy atom. The molecule has 0 spiro atoms. The highest BCUT2D eigenvalue weighted by Crippen LogP contribution is 2.13. The second-order valence-corrected chi connectivity index (χ2v) is 3.42. The number of nitrogens with one attached hydrogen (secondary N) is 2. The maximum atomic E-state index is 5.11. The van der Waals surface area contributed by atoms with Crippen molar-refractivity contribution < 1.29 is 4.42 Å². The first-order valence-electron chi connectivity index (χ1n) is 4.98. The number of aromatic nitrogens is 3. The molecule has 0 saturated heterocycles. The van der Waals surface area contributed by atoms with Gasteiger partial charge in [0.2, 0.25) is 5.95 Å². The van der Waals surface area contributed by atoms with Gasteiger partial charge in [0, 0.05) is 0 Å². The fourth-order valence-electron chi connectivity index (χ4n) is 1.54. The lowest BCUT2D eigenvalue weighted by Gasteiger charge is -1.97. The number of aromatic amines is 1. The molecule has 2 aromatic heterocycles. The van der Waals surface area contributed by atoms with Crippen molar-refractivity contribution in [3.8, 4) is 0 Å². The summed E-state index contributed by atoms with van der Waals surface area (Å²) in [6, 6.07) is 7.89. The minimum atomic E-state index is 0.569. The van der Waals surface area contributed by atoms with Crippen LogP contribution in [0.3, 0.4) is 0 Å². The predicted molar refractivity (Wildman–Crippen MR) is 59.9 cm³/mol. The molecule has 16 heavy (non-hydrogen) atoms. The van der Waals surface area contributed by atoms with E-state index in [1.54, 1.807) is 6.20 Å². The number of oxazole rings is 1. The molecule has 0 saturated carbocycles. The topological polar surface area (TPSA) is 66.7 Å². The molecule has 0 fully saturated rings. The lowest BCUT2D eigenvalue weighted by Crippen LogP contribution is -1.99. The largest absolute Gasteiger partial charge is 0.447 e. The van der Waals surface area contributed by atoms with Crippen molar-refractivity contribution in [3.05, 3.63) is 42.6 Å². The zero-order valence-corrected chi connectivity index (χ0v) is 8.47. The third-order valence-corrected chi connectivity index (χ3v) is 2.30. The molecule has 3 aromatic rings. The molecule has 0 aliphatic rings. The number of benzene rings is 1. The molecule has 2 heterocycles. The summed E-state index contributed by atoms with van der Waals surface area (Å²) in [6.07, 6.45) is 3.09. The molecule has 1 aromatic carbocycles. The van der Waals surface area contributed by atoms with Gasteiger partial charge in [0.05, 0.1) is 23.8 Å². The van der Waals surface area contributed by atoms with Crippen molar-refractivity contribution >= 4 is 17.0 Å². The second-order valence-electron chi connectivity index (χ2n) is 3.42. The Hall–Kier alpha value is -2.30. The van der Waals surface area contributed by atoms with Gasteiger partial charge < -0.3 is 14.7 Å². The van der Waals surface area contributed by atoms with Crippen LogP contribution in [0.1, 0.15) is 5.76 Å². The zero-order chi connectivity index (χ0) is 10.8. The van der Waals surface area contributed by atoms with Gasteiger partial charge in [0.25, 0.3) is 0 Å². The second kappa shape index (κ2) is 3.69. The first kappa shape index (κ1) is 8.96. The Morgan fingerprint density at radius 2 is 2.25 bits per heavy atom. The number of hydrogen-bond acceptors (Lipinski definition) is 4. The maximum absolute atomic E-state index is 5.11. The predicted octanol–water partition coefficient (Wildman–Crippen LogP) is 2.16. The van der Waals surface area contributed by atoms with Crippen LogP contribution < -0.4 is 5.32 Å². The van der Waals surface area contributed by atoms with Crippen LogP contribution in [0, 0.1) is 0 Å². The smallest absolute Gasteiger partial charge is 0.201 e. The van der Waals surface area contributed by atoms with Gasteiger partial charge in [-0.2, -0.15) is 0 Å². The SMILES string of the molecule is c1ccc2[nH]c(NCc3cnco3)nc2c1. The highest BCUT2D eigenvalue weighted by Gasteiger charge is 2.02. The number of hydrogen-bond donors (Lipinski definition) is 2. The number of rotatable bonds is 3. The molecule has 0 radical (unpaired) electrons. The van der Waals surface area contributed by atoms with E-state index in [1.807, 2.05) is 24.3 Å². The van der Waals surface area contributed by atoms with Gasteiger partial charge in [0.1, 0.15) is 5.76 Å². The maximum Gasteiger partial charge on any atom is 0.201 e. The summed E-state index contributed by atoms with van der Waals surface area (Å²) < 4.78 is 5.11. The van der Waals surface area contributed by atoms with Crippen molar-refractivity contribution in [1.29, 1.82) is 0 Å². The van der Waals surface area contributed by atoms with Crippen LogP contribution in [-0.4, -0.2) is 15.0 Å². The molecule has 0 amide bonds. The molecular formula is C11H10N4O. The van der Waals surface area contributed by atoms with Crippen LogP contribution in [-0.2, 0) is 6.54 Å². The van der Waals surface area contributed by atoms with E-state index in [9.17, 15) is 0 Å². The molecule has 3 rings (SSSR count). The Balaban J connectivity index is 1.79. The van der Waals surface area contributed by atoms with Gasteiger partial charge in [-0.05, 0) is 12.1 Å². The molecule has 0 atom stereocenters. The van der Waals surface area contributed by atoms with E-state index in [0.717, 1.165) is 22.7 Å². The summed E-state index contributed by atoms with van der Waals surface area (Å²) in [5.41, 5.74) is 1.96. The fourth-order valence-corrected chi connectivity index (χ4v) is 1.54. The molecule has 5 heteroatoms. The van der Waals surface area contributed by atoms with Gasteiger partial charge in [-0.25, -0.2) is 9.97 Å². The number of nitrogens with zero attached hydrogens (tertiary/aromatic N) is 2. The van der Waals surface area contributed by atoms with Crippen LogP contribution in [0.5, 0.6) is 0 Å². The Kier molecular flexibility index (Phi) is 2.07. The van der Waals surface area contributed by atoms with Gasteiger partial charge in [-0.1, -0.05) is 12.1 Å². The highest BCUT2D eigenvalue weighted by molar-refractivity contribution is 5.77. The summed E-state index contributed by atoms with van der Waals surface area (Å²) >= 11 is 0. The molecule has 0 bridgehead atoms. The molecule has 0 aliphatic heterocycles. The molecule has 2 N–H and O–H groups in total. The number of H-pyrrole nitrogens is 1. The monoisotopic (exact) mass is 214 g/mol. The average molecular weight is 214 g/mol. The van der Waals surface area contributed by atoms with Gasteiger partial charge in [-0.3, -0.25) is 0 Å². The highest BCUT2D eigenvalue weighted by atomic mass is 16.3. The Labute approximate surface area is 91.5 Å². The molecule has 5 nitrogen and oxygen atoms in total. The third kappa shape index (κ3) is 1.63. The van der Waals surface area contributed by atoms with Crippen molar-refractivity contribution in [1.82, 2.24) is 15.0 Å². The van der Waals surface area contributed by atoms with Crippen molar-refractivity contribution in [2.24, 2.45) is 0 Å². The molecule has 0 unspecified atom stereocenters. The van der Waals surface area contributed by atoms with Gasteiger partial charge in [-0.15, -0.1) is 0 Å². The van der Waals surface area contributed by atoms with E-state index < -0.39 is 0 Å². The normalized spacial score (nSPS) is 10.8. The Morgan fingerprint density at radius 1 is 1.31 bits per heavy atom. The summed E-state index contributed by atoms with van der Waals surface area (Å²) in [5, 5.41) is 3.14. The lowest BCUT2D eigenvalue weighted by atomic mass is 10.3. The van der Waals surface area contributed by atoms with Crippen LogP contribution in [0.2, 0.25) is 0 Å². The van der Waals surface area contributed by atoms with Gasteiger partial charge in [0.15, 0.2) is 6.39 Å². The minimum Gasteiger partial charge on any atom is -0.447 e. The van der Waals surface area contributed by atoms with E-state index in [2.05, 4.69) is 20.3 Å². The van der Waals surface area contributed by atoms with Crippen LogP contribution >= 0.6 is 0 Å². The average Bonchev–Trinajstić information content (AvgIpc) is 2.95. The lowest BCUT2D eigenvalue weighted by molar-refractivity contribution is 0.511. The summed E-state index contributed by atoms with van der Waals surface area (Å²) in [4.78, 5) is 11.4. The standard InChI is InChI=1S/C11H10N4O/c1-2-4-10-9(3-1)14-11(15-10)13-6-8-5-12-7-16-8/h1-5,7H,6H2,(H2,13,14,15). The van der Waals surface area contributed by atoms with Crippen molar-refractivity contribution in [3.63, 3.8) is 0 Å². The number of anilines is 1. The van der Waals surface area contributed by atoms with Crippen LogP contribution in [0.4, 0.5) is 5.95 Å². The van der Waals surface area contributed by atoms with E-state index in [0.29, 0.717) is 6.54 Å². The molecule has 80 valence electrons. The summed E-state index contributed by atoms with van der Waals surface area (Å²) in [6.45, 7) is 0.569. The summed E-state index contributed by atoms with van der Waals surface area (Å²) in [7, 11) is 0.